The van der Waals surface area contributed by atoms with E-state index < -0.39 is 12.0 Å². The molecule has 1 saturated heterocycles. The highest BCUT2D eigenvalue weighted by atomic mass is 16.5. The molecule has 1 heterocycles. The van der Waals surface area contributed by atoms with Crippen LogP contribution in [0.3, 0.4) is 0 Å². The highest BCUT2D eigenvalue weighted by molar-refractivity contribution is 5.73. The summed E-state index contributed by atoms with van der Waals surface area (Å²) in [6.45, 7) is 1.40. The minimum Gasteiger partial charge on any atom is -0.497 e. The van der Waals surface area contributed by atoms with E-state index in [0.717, 1.165) is 36.4 Å². The predicted octanol–water partition coefficient (Wildman–Crippen LogP) is 2.14. The number of ether oxygens (including phenoxy) is 2. The number of carboxylic acids is 1. The first kappa shape index (κ1) is 14.7. The van der Waals surface area contributed by atoms with E-state index in [0.29, 0.717) is 13.0 Å². The molecule has 1 atom stereocenters. The summed E-state index contributed by atoms with van der Waals surface area (Å²) < 4.78 is 10.5. The molecule has 0 amide bonds. The summed E-state index contributed by atoms with van der Waals surface area (Å²) in [5.74, 6) is 0.732. The van der Waals surface area contributed by atoms with Crippen molar-refractivity contribution in [1.82, 2.24) is 4.90 Å². The van der Waals surface area contributed by atoms with Crippen LogP contribution in [-0.4, -0.2) is 42.8 Å². The molecule has 110 valence electrons. The molecule has 0 aliphatic carbocycles. The Balaban J connectivity index is 2.17. The van der Waals surface area contributed by atoms with Gasteiger partial charge in [-0.15, -0.1) is 0 Å². The molecule has 1 N–H and O–H groups in total. The third-order valence-electron chi connectivity index (χ3n) is 3.77. The fourth-order valence-corrected chi connectivity index (χ4v) is 2.66. The molecular weight excluding hydrogens is 258 g/mol. The Kier molecular flexibility index (Phi) is 4.84. The van der Waals surface area contributed by atoms with Crippen molar-refractivity contribution in [1.29, 1.82) is 0 Å². The van der Waals surface area contributed by atoms with Crippen LogP contribution in [0.1, 0.15) is 24.8 Å². The van der Waals surface area contributed by atoms with Gasteiger partial charge in [0.15, 0.2) is 0 Å². The van der Waals surface area contributed by atoms with Crippen molar-refractivity contribution in [3.8, 4) is 11.5 Å². The lowest BCUT2D eigenvalue weighted by atomic mass is 10.0. The molecule has 1 aliphatic heterocycles. The van der Waals surface area contributed by atoms with Gasteiger partial charge in [0.2, 0.25) is 0 Å². The van der Waals surface area contributed by atoms with Crippen molar-refractivity contribution < 1.29 is 19.4 Å². The van der Waals surface area contributed by atoms with Gasteiger partial charge in [0.1, 0.15) is 17.5 Å². The molecule has 1 fully saturated rings. The summed E-state index contributed by atoms with van der Waals surface area (Å²) in [6.07, 6.45) is 2.74. The number of nitrogens with zero attached hydrogens (tertiary/aromatic N) is 1. The van der Waals surface area contributed by atoms with Gasteiger partial charge >= 0.3 is 5.97 Å². The molecule has 2 rings (SSSR count). The minimum atomic E-state index is -0.739. The first-order valence-corrected chi connectivity index (χ1v) is 6.83. The number of hydrogen-bond acceptors (Lipinski definition) is 4. The molecule has 0 aromatic heterocycles. The van der Waals surface area contributed by atoms with E-state index in [1.54, 1.807) is 14.2 Å². The molecular formula is C15H21NO4. The molecule has 20 heavy (non-hydrogen) atoms. The number of piperidine rings is 1. The van der Waals surface area contributed by atoms with Gasteiger partial charge in [0.05, 0.1) is 14.2 Å². The lowest BCUT2D eigenvalue weighted by Gasteiger charge is -2.33. The second-order valence-corrected chi connectivity index (χ2v) is 5.00. The number of carboxylic acid groups (broad SMARTS) is 1. The lowest BCUT2D eigenvalue weighted by molar-refractivity contribution is -0.144. The highest BCUT2D eigenvalue weighted by Gasteiger charge is 2.28. The zero-order chi connectivity index (χ0) is 14.5. The maximum absolute atomic E-state index is 11.3. The predicted molar refractivity (Wildman–Crippen MR) is 75.2 cm³/mol. The summed E-state index contributed by atoms with van der Waals surface area (Å²) in [5, 5.41) is 9.30. The summed E-state index contributed by atoms with van der Waals surface area (Å²) in [4.78, 5) is 13.3. The van der Waals surface area contributed by atoms with Crippen molar-refractivity contribution >= 4 is 5.97 Å². The van der Waals surface area contributed by atoms with Gasteiger partial charge in [-0.1, -0.05) is 12.5 Å². The van der Waals surface area contributed by atoms with Crippen LogP contribution in [0.25, 0.3) is 0 Å². The third-order valence-corrected chi connectivity index (χ3v) is 3.77. The van der Waals surface area contributed by atoms with Crippen LogP contribution in [0.15, 0.2) is 18.2 Å². The van der Waals surface area contributed by atoms with E-state index in [2.05, 4.69) is 0 Å². The van der Waals surface area contributed by atoms with Crippen molar-refractivity contribution in [3.05, 3.63) is 23.8 Å². The van der Waals surface area contributed by atoms with Crippen molar-refractivity contribution in [2.75, 3.05) is 20.8 Å². The molecule has 0 radical (unpaired) electrons. The van der Waals surface area contributed by atoms with Crippen molar-refractivity contribution in [3.63, 3.8) is 0 Å². The van der Waals surface area contributed by atoms with Crippen molar-refractivity contribution in [2.45, 2.75) is 31.8 Å². The maximum Gasteiger partial charge on any atom is 0.320 e. The average molecular weight is 279 g/mol. The van der Waals surface area contributed by atoms with Gasteiger partial charge in [-0.05, 0) is 25.5 Å². The largest absolute Gasteiger partial charge is 0.497 e. The fourth-order valence-electron chi connectivity index (χ4n) is 2.66. The van der Waals surface area contributed by atoms with Crippen molar-refractivity contribution in [2.24, 2.45) is 0 Å². The van der Waals surface area contributed by atoms with E-state index in [-0.39, 0.29) is 0 Å². The normalized spacial score (nSPS) is 19.6. The topological polar surface area (TPSA) is 59.0 Å². The summed E-state index contributed by atoms with van der Waals surface area (Å²) in [7, 11) is 3.22. The Bertz CT molecular complexity index is 475. The van der Waals surface area contributed by atoms with Crippen LogP contribution >= 0.6 is 0 Å². The summed E-state index contributed by atoms with van der Waals surface area (Å²) in [6, 6.07) is 5.24. The Hall–Kier alpha value is -1.75. The van der Waals surface area contributed by atoms with Gasteiger partial charge < -0.3 is 14.6 Å². The number of rotatable bonds is 5. The van der Waals surface area contributed by atoms with Gasteiger partial charge in [0.25, 0.3) is 0 Å². The fraction of sp³-hybridized carbons (Fsp3) is 0.533. The Morgan fingerprint density at radius 2 is 2.15 bits per heavy atom. The van der Waals surface area contributed by atoms with Crippen LogP contribution < -0.4 is 9.47 Å². The number of likely N-dealkylation sites (tertiary alicyclic amines) is 1. The summed E-state index contributed by atoms with van der Waals surface area (Å²) in [5.41, 5.74) is 0.987. The van der Waals surface area contributed by atoms with Gasteiger partial charge in [0, 0.05) is 18.2 Å². The highest BCUT2D eigenvalue weighted by Crippen LogP contribution is 2.28. The number of carbonyl (C=O) groups is 1. The van der Waals surface area contributed by atoms with Crippen LogP contribution in [0.2, 0.25) is 0 Å². The second kappa shape index (κ2) is 6.61. The molecule has 1 aliphatic rings. The smallest absolute Gasteiger partial charge is 0.320 e. The Labute approximate surface area is 119 Å². The summed E-state index contributed by atoms with van der Waals surface area (Å²) >= 11 is 0. The quantitative estimate of drug-likeness (QED) is 0.895. The van der Waals surface area contributed by atoms with Gasteiger partial charge in [-0.3, -0.25) is 9.69 Å². The van der Waals surface area contributed by atoms with E-state index in [9.17, 15) is 9.90 Å². The molecule has 1 aromatic carbocycles. The molecule has 0 saturated carbocycles. The monoisotopic (exact) mass is 279 g/mol. The first-order valence-electron chi connectivity index (χ1n) is 6.83. The van der Waals surface area contributed by atoms with Gasteiger partial charge in [-0.25, -0.2) is 0 Å². The SMILES string of the molecule is COc1ccc(CN2CCCCC2C(=O)O)c(OC)c1. The maximum atomic E-state index is 11.3. The molecule has 1 unspecified atom stereocenters. The molecule has 0 bridgehead atoms. The lowest BCUT2D eigenvalue weighted by Crippen LogP contribution is -2.44. The average Bonchev–Trinajstić information content (AvgIpc) is 2.48. The zero-order valence-electron chi connectivity index (χ0n) is 12.0. The van der Waals surface area contributed by atoms with Crippen LogP contribution in [0, 0.1) is 0 Å². The number of hydrogen-bond donors (Lipinski definition) is 1. The second-order valence-electron chi connectivity index (χ2n) is 5.00. The van der Waals surface area contributed by atoms with E-state index in [4.69, 9.17) is 9.47 Å². The Morgan fingerprint density at radius 3 is 2.80 bits per heavy atom. The van der Waals surface area contributed by atoms with Crippen LogP contribution in [0.5, 0.6) is 11.5 Å². The standard InChI is InChI=1S/C15H21NO4/c1-19-12-7-6-11(14(9-12)20-2)10-16-8-4-3-5-13(16)15(17)18/h6-7,9,13H,3-5,8,10H2,1-2H3,(H,17,18). The van der Waals surface area contributed by atoms with Crippen LogP contribution in [0.4, 0.5) is 0 Å². The zero-order valence-corrected chi connectivity index (χ0v) is 12.0. The minimum absolute atomic E-state index is 0.393. The number of benzene rings is 1. The van der Waals surface area contributed by atoms with Crippen LogP contribution in [-0.2, 0) is 11.3 Å². The molecule has 5 nitrogen and oxygen atoms in total. The first-order chi connectivity index (χ1) is 9.65. The molecule has 0 spiro atoms. The molecule has 1 aromatic rings. The van der Waals surface area contributed by atoms with E-state index in [1.165, 1.54) is 0 Å². The third kappa shape index (κ3) is 3.22. The Morgan fingerprint density at radius 1 is 1.35 bits per heavy atom. The number of methoxy groups -OCH3 is 2. The number of aliphatic carboxylic acids is 1. The van der Waals surface area contributed by atoms with E-state index in [1.807, 2.05) is 23.1 Å². The van der Waals surface area contributed by atoms with E-state index >= 15 is 0 Å². The van der Waals surface area contributed by atoms with Gasteiger partial charge in [-0.2, -0.15) is 0 Å². The molecule has 5 heteroatoms.